The Morgan fingerprint density at radius 2 is 1.86 bits per heavy atom. The van der Waals surface area contributed by atoms with Crippen LogP contribution >= 0.6 is 11.6 Å². The number of anilines is 1. The normalized spacial score (nSPS) is 17.1. The molecule has 4 aromatic rings. The Morgan fingerprint density at radius 1 is 1.14 bits per heavy atom. The van der Waals surface area contributed by atoms with E-state index in [9.17, 15) is 9.59 Å². The van der Waals surface area contributed by atoms with E-state index in [1.807, 2.05) is 46.4 Å². The molecule has 0 N–H and O–H groups in total. The summed E-state index contributed by atoms with van der Waals surface area (Å²) >= 11 is 6.81. The summed E-state index contributed by atoms with van der Waals surface area (Å²) in [5.41, 5.74) is 1.90. The van der Waals surface area contributed by atoms with Crippen molar-refractivity contribution in [3.05, 3.63) is 81.5 Å². The first-order valence-electron chi connectivity index (χ1n) is 14.4. The molecular weight excluding hydrogens is 569 g/mol. The third-order valence-corrected chi connectivity index (χ3v) is 8.15. The van der Waals surface area contributed by atoms with E-state index < -0.39 is 11.5 Å². The highest BCUT2D eigenvalue weighted by molar-refractivity contribution is 6.33. The van der Waals surface area contributed by atoms with Crippen molar-refractivity contribution < 1.29 is 9.18 Å². The van der Waals surface area contributed by atoms with Crippen molar-refractivity contribution in [1.82, 2.24) is 29.4 Å². The van der Waals surface area contributed by atoms with Crippen molar-refractivity contribution >= 4 is 34.4 Å². The van der Waals surface area contributed by atoms with Crippen molar-refractivity contribution in [2.45, 2.75) is 66.0 Å². The average molecular weight is 604 g/mol. The van der Waals surface area contributed by atoms with Gasteiger partial charge in [0.2, 0.25) is 5.91 Å². The molecule has 5 rings (SSSR count). The van der Waals surface area contributed by atoms with Crippen molar-refractivity contribution in [1.29, 1.82) is 0 Å². The van der Waals surface area contributed by atoms with Gasteiger partial charge in [-0.25, -0.2) is 28.7 Å². The summed E-state index contributed by atoms with van der Waals surface area (Å²) in [6.07, 6.45) is 1.94. The quantitative estimate of drug-likeness (QED) is 0.263. The fourth-order valence-electron chi connectivity index (χ4n) is 5.70. The third-order valence-electron chi connectivity index (χ3n) is 7.86. The molecule has 1 amide bonds. The summed E-state index contributed by atoms with van der Waals surface area (Å²) in [6.45, 7) is 16.2. The van der Waals surface area contributed by atoms with Gasteiger partial charge >= 0.3 is 5.69 Å². The van der Waals surface area contributed by atoms with E-state index in [1.54, 1.807) is 29.2 Å². The summed E-state index contributed by atoms with van der Waals surface area (Å²) in [5.74, 6) is 0.381. The SMILES string of the molecule is C=CC(=O)N1C[C@H](C)N(c2nc(=O)n(-c3c(C)nc(CC)nc3C(C)C)c3nc(-c4ccccc4F)c(Cl)cc23)C[C@H]1C. The van der Waals surface area contributed by atoms with E-state index in [0.29, 0.717) is 53.6 Å². The van der Waals surface area contributed by atoms with Gasteiger partial charge in [0.1, 0.15) is 17.5 Å². The summed E-state index contributed by atoms with van der Waals surface area (Å²) in [5, 5.41) is 0.728. The molecule has 0 bridgehead atoms. The second-order valence-electron chi connectivity index (χ2n) is 11.2. The van der Waals surface area contributed by atoms with Crippen LogP contribution in [0.4, 0.5) is 10.2 Å². The van der Waals surface area contributed by atoms with Gasteiger partial charge in [0.25, 0.3) is 0 Å². The van der Waals surface area contributed by atoms with Crippen molar-refractivity contribution in [3.8, 4) is 16.9 Å². The maximum absolute atomic E-state index is 15.0. The monoisotopic (exact) mass is 603 g/mol. The molecule has 3 aromatic heterocycles. The molecule has 1 fully saturated rings. The molecular formula is C32H35ClFN7O2. The number of piperazine rings is 1. The van der Waals surface area contributed by atoms with E-state index >= 15 is 4.39 Å². The molecule has 0 unspecified atom stereocenters. The van der Waals surface area contributed by atoms with Crippen molar-refractivity contribution in [2.75, 3.05) is 18.0 Å². The number of aromatic nitrogens is 5. The highest BCUT2D eigenvalue weighted by atomic mass is 35.5. The number of amides is 1. The summed E-state index contributed by atoms with van der Waals surface area (Å²) in [4.78, 5) is 49.3. The highest BCUT2D eigenvalue weighted by Crippen LogP contribution is 2.36. The lowest BCUT2D eigenvalue weighted by Gasteiger charge is -2.44. The zero-order valence-corrected chi connectivity index (χ0v) is 26.0. The Bertz CT molecular complexity index is 1810. The summed E-state index contributed by atoms with van der Waals surface area (Å²) in [7, 11) is 0. The second kappa shape index (κ2) is 11.8. The second-order valence-corrected chi connectivity index (χ2v) is 11.6. The Hall–Kier alpha value is -4.18. The number of benzene rings is 1. The number of nitrogens with zero attached hydrogens (tertiary/aromatic N) is 7. The van der Waals surface area contributed by atoms with Crippen LogP contribution in [0.2, 0.25) is 5.02 Å². The molecule has 2 atom stereocenters. The van der Waals surface area contributed by atoms with E-state index in [4.69, 9.17) is 21.6 Å². The topological polar surface area (TPSA) is 97.1 Å². The van der Waals surface area contributed by atoms with Crippen LogP contribution in [-0.4, -0.2) is 60.5 Å². The molecule has 11 heteroatoms. The first-order valence-corrected chi connectivity index (χ1v) is 14.8. The van der Waals surface area contributed by atoms with Crippen LogP contribution in [0.3, 0.4) is 0 Å². The van der Waals surface area contributed by atoms with Crippen LogP contribution in [0.1, 0.15) is 57.7 Å². The lowest BCUT2D eigenvalue weighted by Crippen LogP contribution is -2.58. The van der Waals surface area contributed by atoms with Crippen LogP contribution in [0.25, 0.3) is 28.0 Å². The number of aryl methyl sites for hydroxylation is 2. The molecule has 224 valence electrons. The predicted octanol–water partition coefficient (Wildman–Crippen LogP) is 5.64. The highest BCUT2D eigenvalue weighted by Gasteiger charge is 2.34. The van der Waals surface area contributed by atoms with Gasteiger partial charge in [0.15, 0.2) is 5.65 Å². The minimum atomic E-state index is -0.570. The van der Waals surface area contributed by atoms with Crippen LogP contribution in [0.15, 0.2) is 47.8 Å². The summed E-state index contributed by atoms with van der Waals surface area (Å²) < 4.78 is 16.5. The molecule has 1 aliphatic heterocycles. The largest absolute Gasteiger partial charge is 0.355 e. The predicted molar refractivity (Wildman–Crippen MR) is 168 cm³/mol. The first-order chi connectivity index (χ1) is 20.5. The van der Waals surface area contributed by atoms with Gasteiger partial charge in [-0.2, -0.15) is 4.98 Å². The number of fused-ring (bicyclic) bond motifs is 1. The smallest absolute Gasteiger partial charge is 0.349 e. The molecule has 1 saturated heterocycles. The maximum Gasteiger partial charge on any atom is 0.355 e. The van der Waals surface area contributed by atoms with Gasteiger partial charge in [-0.15, -0.1) is 0 Å². The number of carbonyl (C=O) groups is 1. The molecule has 43 heavy (non-hydrogen) atoms. The fourth-order valence-corrected chi connectivity index (χ4v) is 5.95. The van der Waals surface area contributed by atoms with Crippen LogP contribution in [0.5, 0.6) is 0 Å². The number of carbonyl (C=O) groups excluding carboxylic acids is 1. The van der Waals surface area contributed by atoms with E-state index in [2.05, 4.69) is 16.5 Å². The minimum absolute atomic E-state index is 0.0432. The third kappa shape index (κ3) is 5.40. The molecule has 0 aliphatic carbocycles. The van der Waals surface area contributed by atoms with Crippen LogP contribution in [-0.2, 0) is 11.2 Å². The molecule has 4 heterocycles. The zero-order valence-electron chi connectivity index (χ0n) is 25.2. The van der Waals surface area contributed by atoms with Gasteiger partial charge in [0.05, 0.1) is 33.2 Å². The molecule has 1 aromatic carbocycles. The number of pyridine rings is 1. The number of hydrogen-bond acceptors (Lipinski definition) is 7. The molecule has 0 radical (unpaired) electrons. The molecule has 0 saturated carbocycles. The van der Waals surface area contributed by atoms with Crippen LogP contribution in [0, 0.1) is 12.7 Å². The van der Waals surface area contributed by atoms with E-state index in [-0.39, 0.29) is 45.8 Å². The Morgan fingerprint density at radius 3 is 2.51 bits per heavy atom. The molecule has 9 nitrogen and oxygen atoms in total. The first kappa shape index (κ1) is 30.3. The average Bonchev–Trinajstić information content (AvgIpc) is 2.97. The van der Waals surface area contributed by atoms with E-state index in [1.165, 1.54) is 16.7 Å². The van der Waals surface area contributed by atoms with Crippen LogP contribution < -0.4 is 10.6 Å². The van der Waals surface area contributed by atoms with Gasteiger partial charge in [-0.1, -0.05) is 51.1 Å². The van der Waals surface area contributed by atoms with Gasteiger partial charge in [-0.05, 0) is 51.0 Å². The number of hydrogen-bond donors (Lipinski definition) is 0. The molecule has 1 aliphatic rings. The van der Waals surface area contributed by atoms with Gasteiger partial charge < -0.3 is 9.80 Å². The maximum atomic E-state index is 15.0. The zero-order chi connectivity index (χ0) is 31.2. The Kier molecular flexibility index (Phi) is 8.34. The van der Waals surface area contributed by atoms with E-state index in [0.717, 1.165) is 0 Å². The minimum Gasteiger partial charge on any atom is -0.349 e. The van der Waals surface area contributed by atoms with Gasteiger partial charge in [-0.3, -0.25) is 4.79 Å². The summed E-state index contributed by atoms with van der Waals surface area (Å²) in [6, 6.07) is 7.57. The van der Waals surface area contributed by atoms with Crippen molar-refractivity contribution in [2.24, 2.45) is 0 Å². The standard InChI is InChI=1S/C32H35ClFN7O2/c1-8-25-35-20(7)29(27(36-25)17(3)4)41-31-22(14-23(33)28(37-31)21-12-10-11-13-24(21)34)30(38-32(41)43)40-16-18(5)39(15-19(40)6)26(42)9-2/h9-14,17-19H,2,8,15-16H2,1,3-7H3/t18-,19+/m1/s1. The number of rotatable bonds is 6. The van der Waals surface area contributed by atoms with Gasteiger partial charge in [0, 0.05) is 37.2 Å². The Labute approximate surface area is 255 Å². The fraction of sp³-hybridized carbons (Fsp3) is 0.375. The lowest BCUT2D eigenvalue weighted by atomic mass is 10.1. The van der Waals surface area contributed by atoms with Crippen molar-refractivity contribution in [3.63, 3.8) is 0 Å². The lowest BCUT2D eigenvalue weighted by molar-refractivity contribution is -0.128. The number of halogens is 2. The molecule has 0 spiro atoms. The Balaban J connectivity index is 1.84.